The van der Waals surface area contributed by atoms with Crippen molar-refractivity contribution in [2.45, 2.75) is 19.8 Å². The van der Waals surface area contributed by atoms with E-state index in [2.05, 4.69) is 23.8 Å². The van der Waals surface area contributed by atoms with Gasteiger partial charge in [-0.3, -0.25) is 5.41 Å². The lowest BCUT2D eigenvalue weighted by Crippen LogP contribution is -2.06. The molecule has 0 amide bonds. The van der Waals surface area contributed by atoms with Crippen LogP contribution in [0, 0.1) is 5.41 Å². The highest BCUT2D eigenvalue weighted by molar-refractivity contribution is 5.50. The van der Waals surface area contributed by atoms with Crippen LogP contribution in [0.3, 0.4) is 0 Å². The van der Waals surface area contributed by atoms with E-state index in [1.165, 1.54) is 5.56 Å². The molecule has 0 aromatic carbocycles. The number of aromatic amines is 1. The Morgan fingerprint density at radius 2 is 2.25 bits per heavy atom. The Bertz CT molecular complexity index is 302. The van der Waals surface area contributed by atoms with Crippen molar-refractivity contribution >= 4 is 6.34 Å². The van der Waals surface area contributed by atoms with Gasteiger partial charge in [0.25, 0.3) is 0 Å². The van der Waals surface area contributed by atoms with Gasteiger partial charge in [-0.05, 0) is 17.5 Å². The monoisotopic (exact) mass is 163 g/mol. The summed E-state index contributed by atoms with van der Waals surface area (Å²) in [4.78, 5) is 6.79. The van der Waals surface area contributed by atoms with Gasteiger partial charge in [-0.25, -0.2) is 4.99 Å². The first kappa shape index (κ1) is 8.71. The summed E-state index contributed by atoms with van der Waals surface area (Å²) in [7, 11) is 0. The van der Waals surface area contributed by atoms with Crippen LogP contribution in [0.1, 0.15) is 25.3 Å². The average molecular weight is 163 g/mol. The van der Waals surface area contributed by atoms with Crippen LogP contribution in [0.4, 0.5) is 0 Å². The lowest BCUT2D eigenvalue weighted by atomic mass is 10.1. The second kappa shape index (κ2) is 3.85. The number of hydrogen-bond acceptors (Lipinski definition) is 1. The van der Waals surface area contributed by atoms with Crippen molar-refractivity contribution < 1.29 is 0 Å². The first-order chi connectivity index (χ1) is 5.74. The first-order valence-corrected chi connectivity index (χ1v) is 3.95. The zero-order valence-electron chi connectivity index (χ0n) is 7.33. The largest absolute Gasteiger partial charge is 0.346 e. The van der Waals surface area contributed by atoms with Gasteiger partial charge in [-0.1, -0.05) is 19.9 Å². The number of nitrogens with one attached hydrogen (secondary N) is 2. The van der Waals surface area contributed by atoms with E-state index in [-0.39, 0.29) is 0 Å². The molecule has 0 bridgehead atoms. The van der Waals surface area contributed by atoms with Crippen LogP contribution < -0.4 is 5.49 Å². The minimum absolute atomic E-state index is 0.523. The summed E-state index contributed by atoms with van der Waals surface area (Å²) in [5.74, 6) is 0.523. The first-order valence-electron chi connectivity index (χ1n) is 3.95. The molecule has 0 saturated carbocycles. The molecule has 0 saturated heterocycles. The fraction of sp³-hybridized carbons (Fsp3) is 0.333. The third-order valence-corrected chi connectivity index (χ3v) is 1.69. The van der Waals surface area contributed by atoms with Crippen LogP contribution in [0.15, 0.2) is 23.3 Å². The van der Waals surface area contributed by atoms with Crippen LogP contribution in [0.2, 0.25) is 0 Å². The summed E-state index contributed by atoms with van der Waals surface area (Å²) in [6.07, 6.45) is 2.95. The van der Waals surface area contributed by atoms with E-state index in [9.17, 15) is 0 Å². The van der Waals surface area contributed by atoms with Gasteiger partial charge in [0, 0.05) is 6.20 Å². The number of pyridine rings is 1. The SMILES string of the molecule is CC(C)c1cc/c(=N/C=N)[nH]c1. The lowest BCUT2D eigenvalue weighted by molar-refractivity contribution is 0.854. The van der Waals surface area contributed by atoms with E-state index in [0.717, 1.165) is 11.8 Å². The Kier molecular flexibility index (Phi) is 2.80. The summed E-state index contributed by atoms with van der Waals surface area (Å²) in [6, 6.07) is 3.89. The molecule has 1 aromatic heterocycles. The highest BCUT2D eigenvalue weighted by atomic mass is 14.8. The summed E-state index contributed by atoms with van der Waals surface area (Å²) in [5, 5.41) is 6.77. The molecule has 0 aliphatic heterocycles. The van der Waals surface area contributed by atoms with Crippen molar-refractivity contribution in [3.8, 4) is 0 Å². The standard InChI is InChI=1S/C9H13N3/c1-7(2)8-3-4-9(11-5-8)12-6-10/h3-7H,1-2H3,(H2,10,11,12). The van der Waals surface area contributed by atoms with Crippen LogP contribution in [-0.4, -0.2) is 11.3 Å². The van der Waals surface area contributed by atoms with E-state index in [4.69, 9.17) is 5.41 Å². The second-order valence-electron chi connectivity index (χ2n) is 2.92. The molecule has 0 aliphatic carbocycles. The Morgan fingerprint density at radius 3 is 2.67 bits per heavy atom. The fourth-order valence-corrected chi connectivity index (χ4v) is 0.938. The molecule has 0 fully saturated rings. The molecule has 0 atom stereocenters. The lowest BCUT2D eigenvalue weighted by Gasteiger charge is -2.02. The maximum Gasteiger partial charge on any atom is 0.131 e. The highest BCUT2D eigenvalue weighted by Crippen LogP contribution is 2.09. The number of hydrogen-bond donors (Lipinski definition) is 2. The number of aromatic nitrogens is 1. The Morgan fingerprint density at radius 1 is 1.50 bits per heavy atom. The summed E-state index contributed by atoms with van der Waals surface area (Å²) < 4.78 is 0. The molecular weight excluding hydrogens is 150 g/mol. The van der Waals surface area contributed by atoms with E-state index in [1.54, 1.807) is 0 Å². The molecular formula is C9H13N3. The summed E-state index contributed by atoms with van der Waals surface area (Å²) >= 11 is 0. The summed E-state index contributed by atoms with van der Waals surface area (Å²) in [5.41, 5.74) is 1.97. The maximum atomic E-state index is 6.77. The van der Waals surface area contributed by atoms with Gasteiger partial charge in [0.1, 0.15) is 11.8 Å². The van der Waals surface area contributed by atoms with E-state index in [0.29, 0.717) is 5.92 Å². The topological polar surface area (TPSA) is 52.0 Å². The minimum atomic E-state index is 0.523. The van der Waals surface area contributed by atoms with Gasteiger partial charge in [-0.15, -0.1) is 0 Å². The van der Waals surface area contributed by atoms with Crippen molar-refractivity contribution in [2.24, 2.45) is 4.99 Å². The van der Waals surface area contributed by atoms with Gasteiger partial charge in [0.05, 0.1) is 0 Å². The highest BCUT2D eigenvalue weighted by Gasteiger charge is 1.95. The van der Waals surface area contributed by atoms with Gasteiger partial charge < -0.3 is 4.98 Å². The molecule has 2 N–H and O–H groups in total. The molecule has 0 spiro atoms. The number of rotatable bonds is 2. The molecule has 0 unspecified atom stereocenters. The van der Waals surface area contributed by atoms with Crippen molar-refractivity contribution in [1.82, 2.24) is 4.98 Å². The number of H-pyrrole nitrogens is 1. The zero-order chi connectivity index (χ0) is 8.97. The van der Waals surface area contributed by atoms with E-state index < -0.39 is 0 Å². The van der Waals surface area contributed by atoms with Crippen molar-refractivity contribution in [3.05, 3.63) is 29.4 Å². The Labute approximate surface area is 71.7 Å². The molecule has 1 rings (SSSR count). The van der Waals surface area contributed by atoms with E-state index >= 15 is 0 Å². The molecule has 0 radical (unpaired) electrons. The second-order valence-corrected chi connectivity index (χ2v) is 2.92. The number of nitrogens with zero attached hydrogens (tertiary/aromatic N) is 1. The molecule has 64 valence electrons. The Hall–Kier alpha value is -1.38. The van der Waals surface area contributed by atoms with Gasteiger partial charge in [0.2, 0.25) is 0 Å². The van der Waals surface area contributed by atoms with Crippen LogP contribution in [0.5, 0.6) is 0 Å². The third kappa shape index (κ3) is 2.05. The molecule has 1 heterocycles. The van der Waals surface area contributed by atoms with Crippen molar-refractivity contribution in [2.75, 3.05) is 0 Å². The third-order valence-electron chi connectivity index (χ3n) is 1.69. The molecule has 12 heavy (non-hydrogen) atoms. The zero-order valence-corrected chi connectivity index (χ0v) is 7.33. The smallest absolute Gasteiger partial charge is 0.131 e. The van der Waals surface area contributed by atoms with Crippen LogP contribution in [0.25, 0.3) is 0 Å². The Balaban J connectivity index is 3.00. The maximum absolute atomic E-state index is 6.77. The van der Waals surface area contributed by atoms with Gasteiger partial charge in [-0.2, -0.15) is 0 Å². The quantitative estimate of drug-likeness (QED) is 0.492. The summed E-state index contributed by atoms with van der Waals surface area (Å²) in [6.45, 7) is 4.27. The van der Waals surface area contributed by atoms with Crippen molar-refractivity contribution in [1.29, 1.82) is 5.41 Å². The molecule has 0 aliphatic rings. The molecule has 1 aromatic rings. The van der Waals surface area contributed by atoms with Gasteiger partial charge >= 0.3 is 0 Å². The average Bonchev–Trinajstić information content (AvgIpc) is 2.06. The minimum Gasteiger partial charge on any atom is -0.346 e. The molecule has 3 nitrogen and oxygen atoms in total. The van der Waals surface area contributed by atoms with Crippen LogP contribution in [-0.2, 0) is 0 Å². The predicted octanol–water partition coefficient (Wildman–Crippen LogP) is 1.65. The van der Waals surface area contributed by atoms with E-state index in [1.807, 2.05) is 18.3 Å². The van der Waals surface area contributed by atoms with Crippen LogP contribution >= 0.6 is 0 Å². The van der Waals surface area contributed by atoms with Crippen molar-refractivity contribution in [3.63, 3.8) is 0 Å². The molecule has 3 heteroatoms. The predicted molar refractivity (Wildman–Crippen MR) is 49.2 cm³/mol. The normalized spacial score (nSPS) is 12.1. The fourth-order valence-electron chi connectivity index (χ4n) is 0.938. The van der Waals surface area contributed by atoms with Gasteiger partial charge in [0.15, 0.2) is 0 Å².